The molecule has 2 N–H and O–H groups in total. The number of aryl methyl sites for hydroxylation is 1. The number of aromatic nitrogens is 1. The van der Waals surface area contributed by atoms with Gasteiger partial charge >= 0.3 is 0 Å². The van der Waals surface area contributed by atoms with Crippen LogP contribution in [0.4, 0.5) is 0 Å². The Morgan fingerprint density at radius 2 is 2.04 bits per heavy atom. The Bertz CT molecular complexity index is 699. The zero-order valence-electron chi connectivity index (χ0n) is 15.0. The van der Waals surface area contributed by atoms with Gasteiger partial charge in [-0.05, 0) is 26.0 Å². The molecule has 0 spiro atoms. The van der Waals surface area contributed by atoms with Gasteiger partial charge < -0.3 is 15.5 Å². The molecule has 25 heavy (non-hydrogen) atoms. The van der Waals surface area contributed by atoms with Gasteiger partial charge in [0.2, 0.25) is 0 Å². The number of amides is 1. The lowest BCUT2D eigenvalue weighted by Crippen LogP contribution is -2.39. The molecule has 0 aliphatic carbocycles. The smallest absolute Gasteiger partial charge is 0.251 e. The van der Waals surface area contributed by atoms with E-state index in [1.807, 2.05) is 44.0 Å². The molecule has 0 atom stereocenters. The lowest BCUT2D eigenvalue weighted by atomic mass is 10.2. The van der Waals surface area contributed by atoms with Crippen molar-refractivity contribution in [2.75, 3.05) is 26.7 Å². The number of carbonyl (C=O) groups is 1. The van der Waals surface area contributed by atoms with Crippen LogP contribution >= 0.6 is 11.3 Å². The first-order valence-electron chi connectivity index (χ1n) is 8.34. The number of hydrogen-bond acceptors (Lipinski definition) is 4. The normalized spacial score (nSPS) is 11.2. The molecule has 0 fully saturated rings. The van der Waals surface area contributed by atoms with Gasteiger partial charge in [0.15, 0.2) is 5.96 Å². The van der Waals surface area contributed by atoms with E-state index in [1.54, 1.807) is 23.5 Å². The fourth-order valence-electron chi connectivity index (χ4n) is 2.29. The summed E-state index contributed by atoms with van der Waals surface area (Å²) in [5.41, 5.74) is 1.70. The van der Waals surface area contributed by atoms with Crippen molar-refractivity contribution >= 4 is 23.2 Å². The minimum Gasteiger partial charge on any atom is -0.357 e. The largest absolute Gasteiger partial charge is 0.357 e. The summed E-state index contributed by atoms with van der Waals surface area (Å²) in [5, 5.41) is 9.28. The van der Waals surface area contributed by atoms with E-state index < -0.39 is 0 Å². The Balaban J connectivity index is 1.85. The minimum absolute atomic E-state index is 0.0768. The highest BCUT2D eigenvalue weighted by Crippen LogP contribution is 2.09. The van der Waals surface area contributed by atoms with Crippen molar-refractivity contribution in [3.63, 3.8) is 0 Å². The molecular weight excluding hydrogens is 334 g/mol. The van der Waals surface area contributed by atoms with Crippen LogP contribution in [-0.4, -0.2) is 48.4 Å². The molecule has 0 aliphatic heterocycles. The van der Waals surface area contributed by atoms with Crippen LogP contribution in [-0.2, 0) is 6.54 Å². The standard InChI is InChI=1S/C18H25N5OS/c1-4-19-18(23(3)12-16-13-25-14(2)22-16)21-11-10-20-17(24)15-8-6-5-7-9-15/h5-9,13H,4,10-12H2,1-3H3,(H,19,21)(H,20,24). The number of aliphatic imine (C=N–C) groups is 1. The third-order valence-electron chi connectivity index (χ3n) is 3.46. The van der Waals surface area contributed by atoms with E-state index in [0.29, 0.717) is 25.2 Å². The molecule has 1 aromatic carbocycles. The molecule has 1 aromatic heterocycles. The zero-order chi connectivity index (χ0) is 18.1. The Hall–Kier alpha value is -2.41. The van der Waals surface area contributed by atoms with E-state index in [2.05, 4.69) is 26.0 Å². The van der Waals surface area contributed by atoms with E-state index in [-0.39, 0.29) is 5.91 Å². The molecule has 2 aromatic rings. The van der Waals surface area contributed by atoms with Gasteiger partial charge in [-0.3, -0.25) is 9.79 Å². The van der Waals surface area contributed by atoms with Gasteiger partial charge in [-0.2, -0.15) is 0 Å². The second kappa shape index (κ2) is 9.78. The van der Waals surface area contributed by atoms with Crippen LogP contribution in [0.5, 0.6) is 0 Å². The highest BCUT2D eigenvalue weighted by atomic mass is 32.1. The molecule has 1 amide bonds. The van der Waals surface area contributed by atoms with Gasteiger partial charge in [-0.25, -0.2) is 4.98 Å². The summed E-state index contributed by atoms with van der Waals surface area (Å²) in [6, 6.07) is 9.19. The van der Waals surface area contributed by atoms with Gasteiger partial charge in [0.1, 0.15) is 0 Å². The summed E-state index contributed by atoms with van der Waals surface area (Å²) in [6.07, 6.45) is 0. The highest BCUT2D eigenvalue weighted by Gasteiger charge is 2.08. The summed E-state index contributed by atoms with van der Waals surface area (Å²) in [6.45, 7) is 6.53. The number of rotatable bonds is 7. The molecule has 134 valence electrons. The van der Waals surface area contributed by atoms with Gasteiger partial charge in [-0.15, -0.1) is 11.3 Å². The van der Waals surface area contributed by atoms with Crippen LogP contribution in [0.3, 0.4) is 0 Å². The van der Waals surface area contributed by atoms with Crippen molar-refractivity contribution in [3.8, 4) is 0 Å². The Morgan fingerprint density at radius 3 is 2.68 bits per heavy atom. The summed E-state index contributed by atoms with van der Waals surface area (Å²) in [5.74, 6) is 0.731. The predicted octanol–water partition coefficient (Wildman–Crippen LogP) is 2.28. The van der Waals surface area contributed by atoms with Crippen LogP contribution in [0.2, 0.25) is 0 Å². The fraction of sp³-hybridized carbons (Fsp3) is 0.389. The first-order valence-corrected chi connectivity index (χ1v) is 9.21. The number of carbonyl (C=O) groups excluding carboxylic acids is 1. The van der Waals surface area contributed by atoms with Crippen LogP contribution < -0.4 is 10.6 Å². The maximum atomic E-state index is 12.0. The molecular formula is C18H25N5OS. The average molecular weight is 359 g/mol. The van der Waals surface area contributed by atoms with Crippen molar-refractivity contribution in [3.05, 3.63) is 52.0 Å². The molecule has 1 heterocycles. The van der Waals surface area contributed by atoms with Gasteiger partial charge in [0.05, 0.1) is 23.8 Å². The van der Waals surface area contributed by atoms with Crippen molar-refractivity contribution in [1.29, 1.82) is 0 Å². The van der Waals surface area contributed by atoms with Crippen LogP contribution in [0, 0.1) is 6.92 Å². The minimum atomic E-state index is -0.0768. The number of hydrogen-bond donors (Lipinski definition) is 2. The van der Waals surface area contributed by atoms with Crippen molar-refractivity contribution in [2.45, 2.75) is 20.4 Å². The second-order valence-corrected chi connectivity index (χ2v) is 6.63. The molecule has 0 saturated heterocycles. The van der Waals surface area contributed by atoms with Gasteiger partial charge in [0, 0.05) is 31.1 Å². The second-order valence-electron chi connectivity index (χ2n) is 5.57. The number of benzene rings is 1. The van der Waals surface area contributed by atoms with Gasteiger partial charge in [-0.1, -0.05) is 18.2 Å². The third-order valence-corrected chi connectivity index (χ3v) is 4.28. The molecule has 0 bridgehead atoms. The number of nitrogens with one attached hydrogen (secondary N) is 2. The Kier molecular flexibility index (Phi) is 7.40. The van der Waals surface area contributed by atoms with Crippen LogP contribution in [0.1, 0.15) is 28.0 Å². The first kappa shape index (κ1) is 18.9. The Morgan fingerprint density at radius 1 is 1.28 bits per heavy atom. The summed E-state index contributed by atoms with van der Waals surface area (Å²) < 4.78 is 0. The number of guanidine groups is 1. The lowest BCUT2D eigenvalue weighted by molar-refractivity contribution is 0.0955. The van der Waals surface area contributed by atoms with Crippen molar-refractivity contribution in [2.24, 2.45) is 4.99 Å². The monoisotopic (exact) mass is 359 g/mol. The number of thiazole rings is 1. The fourth-order valence-corrected chi connectivity index (χ4v) is 2.90. The predicted molar refractivity (Wildman–Crippen MR) is 103 cm³/mol. The maximum absolute atomic E-state index is 12.0. The Labute approximate surface area is 153 Å². The van der Waals surface area contributed by atoms with E-state index in [4.69, 9.17) is 0 Å². The molecule has 0 radical (unpaired) electrons. The zero-order valence-corrected chi connectivity index (χ0v) is 15.8. The summed E-state index contributed by atoms with van der Waals surface area (Å²) >= 11 is 1.65. The van der Waals surface area contributed by atoms with Crippen LogP contribution in [0.15, 0.2) is 40.7 Å². The summed E-state index contributed by atoms with van der Waals surface area (Å²) in [7, 11) is 1.98. The van der Waals surface area contributed by atoms with Gasteiger partial charge in [0.25, 0.3) is 5.91 Å². The first-order chi connectivity index (χ1) is 12.1. The molecule has 6 nitrogen and oxygen atoms in total. The highest BCUT2D eigenvalue weighted by molar-refractivity contribution is 7.09. The van der Waals surface area contributed by atoms with E-state index >= 15 is 0 Å². The molecule has 0 aliphatic rings. The lowest BCUT2D eigenvalue weighted by Gasteiger charge is -2.21. The topological polar surface area (TPSA) is 69.6 Å². The average Bonchev–Trinajstić information content (AvgIpc) is 3.02. The quantitative estimate of drug-likeness (QED) is 0.452. The van der Waals surface area contributed by atoms with Crippen molar-refractivity contribution in [1.82, 2.24) is 20.5 Å². The number of nitrogens with zero attached hydrogens (tertiary/aromatic N) is 3. The SMILES string of the molecule is CCNC(=NCCNC(=O)c1ccccc1)N(C)Cc1csc(C)n1. The molecule has 7 heteroatoms. The van der Waals surface area contributed by atoms with E-state index in [9.17, 15) is 4.79 Å². The molecule has 0 saturated carbocycles. The maximum Gasteiger partial charge on any atom is 0.251 e. The third kappa shape index (κ3) is 6.19. The van der Waals surface area contributed by atoms with E-state index in [1.165, 1.54) is 0 Å². The van der Waals surface area contributed by atoms with E-state index in [0.717, 1.165) is 23.2 Å². The summed E-state index contributed by atoms with van der Waals surface area (Å²) in [4.78, 5) is 23.1. The molecule has 0 unspecified atom stereocenters. The molecule has 2 rings (SSSR count). The van der Waals surface area contributed by atoms with Crippen LogP contribution in [0.25, 0.3) is 0 Å². The van der Waals surface area contributed by atoms with Crippen molar-refractivity contribution < 1.29 is 4.79 Å².